The van der Waals surface area contributed by atoms with E-state index in [0.717, 1.165) is 30.4 Å². The number of aromatic nitrogens is 1. The normalized spacial score (nSPS) is 31.7. The highest BCUT2D eigenvalue weighted by Crippen LogP contribution is 2.51. The molecule has 5 nitrogen and oxygen atoms in total. The SMILES string of the molecule is CC1C2CCC=CCCC2C1C(=O)On1c(O)ccc1O. The Balaban J connectivity index is 1.71. The number of hydrogen-bond acceptors (Lipinski definition) is 4. The fourth-order valence-electron chi connectivity index (χ4n) is 3.89. The highest BCUT2D eigenvalue weighted by molar-refractivity contribution is 5.75. The lowest BCUT2D eigenvalue weighted by molar-refractivity contribution is -0.167. The fraction of sp³-hybridized carbons (Fsp3) is 0.562. The third-order valence-corrected chi connectivity index (χ3v) is 5.00. The minimum atomic E-state index is -0.366. The van der Waals surface area contributed by atoms with Crippen LogP contribution in [0.1, 0.15) is 32.6 Å². The smallest absolute Gasteiger partial charge is 0.336 e. The van der Waals surface area contributed by atoms with E-state index in [1.54, 1.807) is 0 Å². The summed E-state index contributed by atoms with van der Waals surface area (Å²) in [6, 6.07) is 2.58. The molecular formula is C16H21NO4. The molecule has 21 heavy (non-hydrogen) atoms. The summed E-state index contributed by atoms with van der Waals surface area (Å²) in [5.74, 6) is 0.137. The minimum Gasteiger partial charge on any atom is -0.492 e. The van der Waals surface area contributed by atoms with Gasteiger partial charge in [-0.05, 0) is 43.4 Å². The van der Waals surface area contributed by atoms with Crippen LogP contribution in [0.2, 0.25) is 0 Å². The summed E-state index contributed by atoms with van der Waals surface area (Å²) in [7, 11) is 0. The van der Waals surface area contributed by atoms with Gasteiger partial charge in [0.15, 0.2) is 0 Å². The largest absolute Gasteiger partial charge is 0.492 e. The zero-order valence-electron chi connectivity index (χ0n) is 12.1. The summed E-state index contributed by atoms with van der Waals surface area (Å²) in [5, 5.41) is 19.1. The average Bonchev–Trinajstić information content (AvgIpc) is 2.73. The van der Waals surface area contributed by atoms with E-state index in [9.17, 15) is 15.0 Å². The van der Waals surface area contributed by atoms with Gasteiger partial charge >= 0.3 is 5.97 Å². The van der Waals surface area contributed by atoms with Gasteiger partial charge in [-0.1, -0.05) is 19.1 Å². The molecule has 0 amide bonds. The van der Waals surface area contributed by atoms with Crippen molar-refractivity contribution in [3.05, 3.63) is 24.3 Å². The molecule has 1 heterocycles. The lowest BCUT2D eigenvalue weighted by atomic mass is 9.54. The Hall–Kier alpha value is -1.91. The topological polar surface area (TPSA) is 71.7 Å². The zero-order valence-corrected chi connectivity index (χ0v) is 12.1. The molecule has 3 rings (SSSR count). The van der Waals surface area contributed by atoms with Crippen LogP contribution in [0.25, 0.3) is 0 Å². The van der Waals surface area contributed by atoms with Gasteiger partial charge in [-0.3, -0.25) is 0 Å². The maximum absolute atomic E-state index is 12.4. The minimum absolute atomic E-state index is 0.150. The first-order valence-corrected chi connectivity index (χ1v) is 7.56. The van der Waals surface area contributed by atoms with E-state index in [-0.39, 0.29) is 29.6 Å². The van der Waals surface area contributed by atoms with Gasteiger partial charge in [-0.25, -0.2) is 4.79 Å². The van der Waals surface area contributed by atoms with Crippen molar-refractivity contribution in [1.29, 1.82) is 0 Å². The molecule has 0 spiro atoms. The van der Waals surface area contributed by atoms with Crippen LogP contribution in [0, 0.1) is 23.7 Å². The molecule has 5 heteroatoms. The Kier molecular flexibility index (Phi) is 3.66. The molecule has 0 saturated heterocycles. The number of aromatic hydroxyl groups is 2. The molecule has 2 N–H and O–H groups in total. The highest BCUT2D eigenvalue weighted by Gasteiger charge is 2.51. The molecule has 114 valence electrons. The van der Waals surface area contributed by atoms with E-state index in [2.05, 4.69) is 19.1 Å². The number of rotatable bonds is 2. The standard InChI is InChI=1S/C16H21NO4/c1-10-11-6-4-2-3-5-7-12(11)15(10)16(20)21-17-13(18)8-9-14(17)19/h2-3,8-12,15,18-19H,4-7H2,1H3. The molecule has 4 unspecified atom stereocenters. The van der Waals surface area contributed by atoms with E-state index >= 15 is 0 Å². The second-order valence-electron chi connectivity index (χ2n) is 6.09. The summed E-state index contributed by atoms with van der Waals surface area (Å²) in [5.41, 5.74) is 0. The van der Waals surface area contributed by atoms with Crippen LogP contribution in [0.4, 0.5) is 0 Å². The molecule has 1 saturated carbocycles. The van der Waals surface area contributed by atoms with Crippen molar-refractivity contribution in [2.24, 2.45) is 23.7 Å². The number of hydrogen-bond donors (Lipinski definition) is 2. The summed E-state index contributed by atoms with van der Waals surface area (Å²) in [6.45, 7) is 2.09. The zero-order chi connectivity index (χ0) is 15.0. The molecule has 1 fully saturated rings. The first-order chi connectivity index (χ1) is 10.1. The second kappa shape index (κ2) is 5.47. The Morgan fingerprint density at radius 1 is 1.14 bits per heavy atom. The van der Waals surface area contributed by atoms with Crippen LogP contribution in [-0.2, 0) is 4.79 Å². The molecular weight excluding hydrogens is 270 g/mol. The van der Waals surface area contributed by atoms with E-state index in [1.165, 1.54) is 12.1 Å². The van der Waals surface area contributed by atoms with Gasteiger partial charge in [0, 0.05) is 12.1 Å². The molecule has 0 bridgehead atoms. The summed E-state index contributed by atoms with van der Waals surface area (Å²) < 4.78 is 0.783. The number of fused-ring (bicyclic) bond motifs is 1. The lowest BCUT2D eigenvalue weighted by Gasteiger charge is -2.49. The van der Waals surface area contributed by atoms with Crippen molar-refractivity contribution in [2.45, 2.75) is 32.6 Å². The van der Waals surface area contributed by atoms with Crippen molar-refractivity contribution in [1.82, 2.24) is 4.73 Å². The maximum atomic E-state index is 12.4. The van der Waals surface area contributed by atoms with Gasteiger partial charge in [-0.15, -0.1) is 4.73 Å². The van der Waals surface area contributed by atoms with Gasteiger partial charge in [0.25, 0.3) is 0 Å². The second-order valence-corrected chi connectivity index (χ2v) is 6.09. The van der Waals surface area contributed by atoms with Crippen molar-refractivity contribution < 1.29 is 19.8 Å². The number of carbonyl (C=O) groups is 1. The monoisotopic (exact) mass is 291 g/mol. The Bertz CT molecular complexity index is 543. The molecule has 2 aliphatic rings. The summed E-state index contributed by atoms with van der Waals surface area (Å²) in [6.07, 6.45) is 8.60. The van der Waals surface area contributed by atoms with Gasteiger partial charge < -0.3 is 15.1 Å². The average molecular weight is 291 g/mol. The Morgan fingerprint density at radius 3 is 2.33 bits per heavy atom. The molecule has 0 aliphatic heterocycles. The van der Waals surface area contributed by atoms with Gasteiger partial charge in [0.2, 0.25) is 11.8 Å². The van der Waals surface area contributed by atoms with Crippen molar-refractivity contribution in [3.8, 4) is 11.8 Å². The van der Waals surface area contributed by atoms with Gasteiger partial charge in [0.1, 0.15) is 0 Å². The van der Waals surface area contributed by atoms with Gasteiger partial charge in [0.05, 0.1) is 5.92 Å². The first kappa shape index (κ1) is 14.0. The third kappa shape index (κ3) is 2.41. The van der Waals surface area contributed by atoms with Crippen LogP contribution >= 0.6 is 0 Å². The molecule has 0 radical (unpaired) electrons. The van der Waals surface area contributed by atoms with Gasteiger partial charge in [-0.2, -0.15) is 0 Å². The van der Waals surface area contributed by atoms with Crippen molar-refractivity contribution in [2.75, 3.05) is 0 Å². The molecule has 1 aromatic heterocycles. The van der Waals surface area contributed by atoms with Crippen LogP contribution in [0.3, 0.4) is 0 Å². The van der Waals surface area contributed by atoms with E-state index in [4.69, 9.17) is 4.84 Å². The number of allylic oxidation sites excluding steroid dienone is 2. The third-order valence-electron chi connectivity index (χ3n) is 5.00. The van der Waals surface area contributed by atoms with Crippen molar-refractivity contribution in [3.63, 3.8) is 0 Å². The Labute approximate surface area is 123 Å². The number of carbonyl (C=O) groups excluding carboxylic acids is 1. The molecule has 4 atom stereocenters. The highest BCUT2D eigenvalue weighted by atomic mass is 16.7. The quantitative estimate of drug-likeness (QED) is 0.821. The lowest BCUT2D eigenvalue weighted by Crippen LogP contribution is -2.51. The summed E-state index contributed by atoms with van der Waals surface area (Å²) in [4.78, 5) is 17.5. The van der Waals surface area contributed by atoms with Crippen LogP contribution in [0.15, 0.2) is 24.3 Å². The molecule has 1 aromatic rings. The van der Waals surface area contributed by atoms with Crippen LogP contribution in [-0.4, -0.2) is 20.9 Å². The van der Waals surface area contributed by atoms with E-state index < -0.39 is 0 Å². The maximum Gasteiger partial charge on any atom is 0.336 e. The molecule has 2 aliphatic carbocycles. The first-order valence-electron chi connectivity index (χ1n) is 7.56. The van der Waals surface area contributed by atoms with Crippen LogP contribution in [0.5, 0.6) is 11.8 Å². The van der Waals surface area contributed by atoms with Crippen molar-refractivity contribution >= 4 is 5.97 Å². The predicted molar refractivity (Wildman–Crippen MR) is 76.6 cm³/mol. The Morgan fingerprint density at radius 2 is 1.71 bits per heavy atom. The molecule has 0 aromatic carbocycles. The van der Waals surface area contributed by atoms with Crippen LogP contribution < -0.4 is 4.84 Å². The fourth-order valence-corrected chi connectivity index (χ4v) is 3.89. The van der Waals surface area contributed by atoms with E-state index in [1.807, 2.05) is 0 Å². The summed E-state index contributed by atoms with van der Waals surface area (Å²) >= 11 is 0. The van der Waals surface area contributed by atoms with E-state index in [0.29, 0.717) is 11.8 Å². The predicted octanol–water partition coefficient (Wildman–Crippen LogP) is 2.48. The number of nitrogens with zero attached hydrogens (tertiary/aromatic N) is 1.